The first-order valence-corrected chi connectivity index (χ1v) is 12.3. The number of hydrogen-bond acceptors (Lipinski definition) is 5. The van der Waals surface area contributed by atoms with Crippen LogP contribution in [0.15, 0.2) is 77.7 Å². The average Bonchev–Trinajstić information content (AvgIpc) is 3.06. The fourth-order valence-electron chi connectivity index (χ4n) is 4.06. The number of aliphatic carboxylic acids is 1. The van der Waals surface area contributed by atoms with Gasteiger partial charge in [0.05, 0.1) is 24.1 Å². The highest BCUT2D eigenvalue weighted by molar-refractivity contribution is 7.89. The van der Waals surface area contributed by atoms with Gasteiger partial charge < -0.3 is 14.7 Å². The van der Waals surface area contributed by atoms with Gasteiger partial charge in [0.15, 0.2) is 0 Å². The molecule has 3 aromatic carbocycles. The van der Waals surface area contributed by atoms with Crippen LogP contribution in [0.1, 0.15) is 21.5 Å². The van der Waals surface area contributed by atoms with Crippen LogP contribution >= 0.6 is 0 Å². The van der Waals surface area contributed by atoms with Crippen LogP contribution in [0.2, 0.25) is 0 Å². The van der Waals surface area contributed by atoms with Crippen molar-refractivity contribution in [3.8, 4) is 5.75 Å². The number of halogens is 3. The van der Waals surface area contributed by atoms with E-state index in [4.69, 9.17) is 4.74 Å². The maximum Gasteiger partial charge on any atom is 0.416 e. The van der Waals surface area contributed by atoms with Gasteiger partial charge in [0.25, 0.3) is 5.91 Å². The fourth-order valence-corrected chi connectivity index (χ4v) is 5.61. The Morgan fingerprint density at radius 2 is 1.68 bits per heavy atom. The molecule has 1 atom stereocenters. The molecular formula is C25H21F3N2O6S. The number of methoxy groups -OCH3 is 1. The van der Waals surface area contributed by atoms with E-state index in [0.29, 0.717) is 17.4 Å². The number of carbonyl (C=O) groups excluding carboxylic acids is 1. The van der Waals surface area contributed by atoms with Gasteiger partial charge in [0.1, 0.15) is 11.8 Å². The van der Waals surface area contributed by atoms with E-state index < -0.39 is 46.2 Å². The molecular weight excluding hydrogens is 513 g/mol. The number of carbonyl (C=O) groups is 2. The molecule has 0 saturated heterocycles. The van der Waals surface area contributed by atoms with E-state index in [1.165, 1.54) is 49.6 Å². The number of alkyl halides is 3. The van der Waals surface area contributed by atoms with E-state index in [9.17, 15) is 36.3 Å². The van der Waals surface area contributed by atoms with Gasteiger partial charge in [-0.25, -0.2) is 8.42 Å². The van der Waals surface area contributed by atoms with Gasteiger partial charge in [0.2, 0.25) is 10.0 Å². The molecule has 0 spiro atoms. The van der Waals surface area contributed by atoms with Crippen molar-refractivity contribution in [2.24, 2.45) is 0 Å². The van der Waals surface area contributed by atoms with E-state index in [1.54, 1.807) is 12.1 Å². The summed E-state index contributed by atoms with van der Waals surface area (Å²) in [5.41, 5.74) is -0.854. The normalized spacial score (nSPS) is 16.5. The van der Waals surface area contributed by atoms with E-state index in [2.05, 4.69) is 0 Å². The second-order valence-electron chi connectivity index (χ2n) is 8.20. The van der Waals surface area contributed by atoms with Crippen LogP contribution in [-0.2, 0) is 27.5 Å². The van der Waals surface area contributed by atoms with E-state index in [-0.39, 0.29) is 22.7 Å². The number of para-hydroxylation sites is 1. The summed E-state index contributed by atoms with van der Waals surface area (Å²) < 4.78 is 72.7. The minimum absolute atomic E-state index is 0.185. The number of carboxylic acid groups (broad SMARTS) is 1. The summed E-state index contributed by atoms with van der Waals surface area (Å²) in [4.78, 5) is 26.6. The van der Waals surface area contributed by atoms with Crippen LogP contribution in [0.4, 0.5) is 18.9 Å². The van der Waals surface area contributed by atoms with Crippen molar-refractivity contribution in [1.82, 2.24) is 4.31 Å². The van der Waals surface area contributed by atoms with Gasteiger partial charge in [0, 0.05) is 17.8 Å². The Bertz CT molecular complexity index is 1440. The molecule has 1 N–H and O–H groups in total. The molecule has 1 aliphatic rings. The Morgan fingerprint density at radius 1 is 1.00 bits per heavy atom. The van der Waals surface area contributed by atoms with Gasteiger partial charge in [-0.3, -0.25) is 9.59 Å². The molecule has 0 bridgehead atoms. The molecule has 1 heterocycles. The smallest absolute Gasteiger partial charge is 0.416 e. The summed E-state index contributed by atoms with van der Waals surface area (Å²) >= 11 is 0. The molecule has 0 radical (unpaired) electrons. The highest BCUT2D eigenvalue weighted by Crippen LogP contribution is 2.34. The number of ether oxygens (including phenoxy) is 1. The zero-order valence-electron chi connectivity index (χ0n) is 19.3. The Labute approximate surface area is 210 Å². The lowest BCUT2D eigenvalue weighted by Gasteiger charge is -2.28. The van der Waals surface area contributed by atoms with Crippen LogP contribution in [0.3, 0.4) is 0 Å². The lowest BCUT2D eigenvalue weighted by atomic mass is 10.1. The molecule has 1 amide bonds. The number of rotatable bonds is 5. The van der Waals surface area contributed by atoms with Crippen molar-refractivity contribution in [2.75, 3.05) is 18.6 Å². The molecule has 0 saturated carbocycles. The molecule has 0 aliphatic carbocycles. The quantitative estimate of drug-likeness (QED) is 0.531. The minimum Gasteiger partial charge on any atom is -0.497 e. The largest absolute Gasteiger partial charge is 0.497 e. The van der Waals surface area contributed by atoms with Crippen LogP contribution < -0.4 is 9.64 Å². The molecule has 1 unspecified atom stereocenters. The topological polar surface area (TPSA) is 104 Å². The third-order valence-electron chi connectivity index (χ3n) is 5.94. The van der Waals surface area contributed by atoms with Crippen molar-refractivity contribution in [1.29, 1.82) is 0 Å². The number of benzene rings is 3. The van der Waals surface area contributed by atoms with Gasteiger partial charge in [-0.2, -0.15) is 17.5 Å². The Morgan fingerprint density at radius 3 is 2.30 bits per heavy atom. The second kappa shape index (κ2) is 9.87. The molecule has 1 aliphatic heterocycles. The van der Waals surface area contributed by atoms with Crippen LogP contribution in [0.5, 0.6) is 5.75 Å². The summed E-state index contributed by atoms with van der Waals surface area (Å²) in [5, 5.41) is 10.0. The van der Waals surface area contributed by atoms with Crippen molar-refractivity contribution in [3.05, 3.63) is 89.5 Å². The van der Waals surface area contributed by atoms with Gasteiger partial charge in [-0.15, -0.1) is 0 Å². The molecule has 194 valence electrons. The molecule has 12 heteroatoms. The zero-order valence-corrected chi connectivity index (χ0v) is 20.2. The predicted octanol–water partition coefficient (Wildman–Crippen LogP) is 4.02. The predicted molar refractivity (Wildman–Crippen MR) is 127 cm³/mol. The van der Waals surface area contributed by atoms with E-state index in [1.807, 2.05) is 0 Å². The SMILES string of the molecule is COc1ccc(S(=O)(=O)N2Cc3ccccc3N(C(=O)c3cccc(C(F)(F)F)c3)CC2C(=O)O)cc1. The van der Waals surface area contributed by atoms with Crippen molar-refractivity contribution in [3.63, 3.8) is 0 Å². The molecule has 37 heavy (non-hydrogen) atoms. The highest BCUT2D eigenvalue weighted by Gasteiger charge is 2.42. The van der Waals surface area contributed by atoms with Crippen LogP contribution in [0.25, 0.3) is 0 Å². The summed E-state index contributed by atoms with van der Waals surface area (Å²) in [6.45, 7) is -1.01. The number of anilines is 1. The van der Waals surface area contributed by atoms with Crippen LogP contribution in [0, 0.1) is 0 Å². The Balaban J connectivity index is 1.80. The Hall–Kier alpha value is -3.90. The monoisotopic (exact) mass is 534 g/mol. The number of fused-ring (bicyclic) bond motifs is 1. The summed E-state index contributed by atoms with van der Waals surface area (Å²) in [6.07, 6.45) is -4.69. The minimum atomic E-state index is -4.69. The van der Waals surface area contributed by atoms with Crippen molar-refractivity contribution < 1.29 is 41.0 Å². The first-order chi connectivity index (χ1) is 17.4. The standard InChI is InChI=1S/C25H21F3N2O6S/c1-36-19-9-11-20(12-10-19)37(34,35)30-14-17-5-2-3-8-21(17)29(15-22(30)24(32)33)23(31)16-6-4-7-18(13-16)25(26,27)28/h2-13,22H,14-15H2,1H3,(H,32,33). The summed E-state index contributed by atoms with van der Waals surface area (Å²) in [6, 6.07) is 13.6. The molecule has 4 rings (SSSR count). The van der Waals surface area contributed by atoms with E-state index >= 15 is 0 Å². The van der Waals surface area contributed by atoms with Crippen LogP contribution in [-0.4, -0.2) is 49.4 Å². The second-order valence-corrected chi connectivity index (χ2v) is 10.1. The number of hydrogen-bond donors (Lipinski definition) is 1. The van der Waals surface area contributed by atoms with Gasteiger partial charge >= 0.3 is 12.1 Å². The first-order valence-electron chi connectivity index (χ1n) is 10.9. The number of nitrogens with zero attached hydrogens (tertiary/aromatic N) is 2. The average molecular weight is 535 g/mol. The lowest BCUT2D eigenvalue weighted by Crippen LogP contribution is -2.50. The number of sulfonamides is 1. The van der Waals surface area contributed by atoms with Crippen molar-refractivity contribution in [2.45, 2.75) is 23.7 Å². The Kier molecular flexibility index (Phi) is 6.98. The summed E-state index contributed by atoms with van der Waals surface area (Å²) in [5.74, 6) is -2.02. The third-order valence-corrected chi connectivity index (χ3v) is 7.81. The summed E-state index contributed by atoms with van der Waals surface area (Å²) in [7, 11) is -2.97. The maximum absolute atomic E-state index is 13.6. The maximum atomic E-state index is 13.6. The number of carboxylic acids is 1. The van der Waals surface area contributed by atoms with Crippen molar-refractivity contribution >= 4 is 27.6 Å². The molecule has 8 nitrogen and oxygen atoms in total. The third kappa shape index (κ3) is 5.16. The highest BCUT2D eigenvalue weighted by atomic mass is 32.2. The van der Waals surface area contributed by atoms with Gasteiger partial charge in [-0.05, 0) is 54.1 Å². The molecule has 3 aromatic rings. The molecule has 0 aromatic heterocycles. The zero-order chi connectivity index (χ0) is 27.0. The van der Waals surface area contributed by atoms with E-state index in [0.717, 1.165) is 21.3 Å². The fraction of sp³-hybridized carbons (Fsp3) is 0.200. The first kappa shape index (κ1) is 26.2. The van der Waals surface area contributed by atoms with Gasteiger partial charge in [-0.1, -0.05) is 24.3 Å². The molecule has 0 fully saturated rings. The lowest BCUT2D eigenvalue weighted by molar-refractivity contribution is -0.141. The number of amides is 1.